The zero-order valence-corrected chi connectivity index (χ0v) is 14.3. The average molecular weight is 405 g/mol. The molecule has 0 spiro atoms. The van der Waals surface area contributed by atoms with E-state index in [1.54, 1.807) is 6.07 Å². The average Bonchev–Trinajstić information content (AvgIpc) is 2.65. The van der Waals surface area contributed by atoms with E-state index in [4.69, 9.17) is 4.74 Å². The number of hydrogen-bond acceptors (Lipinski definition) is 2. The van der Waals surface area contributed by atoms with Crippen LogP contribution in [0, 0.1) is 11.8 Å². The van der Waals surface area contributed by atoms with Crippen molar-refractivity contribution >= 4 is 5.69 Å². The molecule has 0 aliphatic carbocycles. The second-order valence-corrected chi connectivity index (χ2v) is 5.64. The summed E-state index contributed by atoms with van der Waals surface area (Å²) in [4.78, 5) is 0. The maximum Gasteiger partial charge on any atom is 0.459 e. The van der Waals surface area contributed by atoms with Crippen LogP contribution >= 0.6 is 0 Å². The molecule has 2 aromatic carbocycles. The Morgan fingerprint density at radius 1 is 0.857 bits per heavy atom. The topological polar surface area (TPSA) is 21.3 Å². The molecule has 0 amide bonds. The fourth-order valence-electron chi connectivity index (χ4n) is 2.12. The normalized spacial score (nSPS) is 13.3. The van der Waals surface area contributed by atoms with Crippen LogP contribution in [0.2, 0.25) is 0 Å². The summed E-state index contributed by atoms with van der Waals surface area (Å²) in [5, 5.41) is 1.96. The monoisotopic (exact) mass is 405 g/mol. The third kappa shape index (κ3) is 4.50. The van der Waals surface area contributed by atoms with Gasteiger partial charge in [0.05, 0.1) is 7.11 Å². The Labute approximate surface area is 156 Å². The van der Waals surface area contributed by atoms with E-state index in [-0.39, 0.29) is 11.3 Å². The van der Waals surface area contributed by atoms with E-state index in [0.717, 1.165) is 0 Å². The first kappa shape index (κ1) is 21.4. The van der Waals surface area contributed by atoms with Crippen molar-refractivity contribution in [2.45, 2.75) is 24.1 Å². The molecule has 0 heterocycles. The highest BCUT2D eigenvalue weighted by Gasteiger charge is 2.75. The van der Waals surface area contributed by atoms with Crippen molar-refractivity contribution in [2.75, 3.05) is 12.4 Å². The van der Waals surface area contributed by atoms with Gasteiger partial charge in [0, 0.05) is 11.3 Å². The molecule has 0 saturated carbocycles. The Morgan fingerprint density at radius 2 is 1.43 bits per heavy atom. The van der Waals surface area contributed by atoms with E-state index in [1.807, 2.05) is 11.2 Å². The standard InChI is InChI=1S/C19H14F7NO/c1-28-15-10-8-14(9-11-15)27-16(12-7-13-5-3-2-4-6-13)17(20,21)18(22,23)19(24,25)26/h2-6,8-11,16,27H,1H3/t16-/m1/s1. The van der Waals surface area contributed by atoms with Crippen LogP contribution in [0.5, 0.6) is 5.75 Å². The predicted octanol–water partition coefficient (Wildman–Crippen LogP) is 5.36. The summed E-state index contributed by atoms with van der Waals surface area (Å²) in [6, 6.07) is 9.64. The van der Waals surface area contributed by atoms with Gasteiger partial charge in [-0.3, -0.25) is 0 Å². The maximum absolute atomic E-state index is 14.2. The smallest absolute Gasteiger partial charge is 0.459 e. The number of ether oxygens (including phenoxy) is 1. The zero-order valence-electron chi connectivity index (χ0n) is 14.3. The first-order valence-corrected chi connectivity index (χ1v) is 7.78. The van der Waals surface area contributed by atoms with Crippen molar-refractivity contribution in [3.05, 3.63) is 60.2 Å². The molecule has 0 radical (unpaired) electrons. The first-order chi connectivity index (χ1) is 13.0. The maximum atomic E-state index is 14.2. The van der Waals surface area contributed by atoms with Crippen LogP contribution in [0.1, 0.15) is 5.56 Å². The van der Waals surface area contributed by atoms with Gasteiger partial charge >= 0.3 is 18.0 Å². The number of nitrogens with one attached hydrogen (secondary N) is 1. The first-order valence-electron chi connectivity index (χ1n) is 7.78. The number of rotatable bonds is 5. The molecule has 2 nitrogen and oxygen atoms in total. The van der Waals surface area contributed by atoms with E-state index in [0.29, 0.717) is 5.75 Å². The number of alkyl halides is 7. The van der Waals surface area contributed by atoms with Crippen molar-refractivity contribution in [1.29, 1.82) is 0 Å². The van der Waals surface area contributed by atoms with Gasteiger partial charge in [0.1, 0.15) is 5.75 Å². The SMILES string of the molecule is COc1ccc(N[C@H](C#Cc2ccccc2)C(F)(F)C(F)(F)C(F)(F)F)cc1. The molecule has 150 valence electrons. The second-order valence-electron chi connectivity index (χ2n) is 5.64. The zero-order chi connectivity index (χ0) is 21.0. The lowest BCUT2D eigenvalue weighted by molar-refractivity contribution is -0.354. The van der Waals surface area contributed by atoms with Crippen LogP contribution in [0.25, 0.3) is 0 Å². The van der Waals surface area contributed by atoms with Crippen LogP contribution in [0.4, 0.5) is 36.4 Å². The lowest BCUT2D eigenvalue weighted by Crippen LogP contribution is -2.59. The van der Waals surface area contributed by atoms with Gasteiger partial charge in [-0.1, -0.05) is 30.0 Å². The van der Waals surface area contributed by atoms with Gasteiger partial charge < -0.3 is 10.1 Å². The molecule has 0 saturated heterocycles. The molecule has 1 atom stereocenters. The number of benzene rings is 2. The van der Waals surface area contributed by atoms with Gasteiger partial charge in [-0.2, -0.15) is 30.7 Å². The van der Waals surface area contributed by atoms with Crippen LogP contribution < -0.4 is 10.1 Å². The molecular weight excluding hydrogens is 391 g/mol. The third-order valence-corrected chi connectivity index (χ3v) is 3.67. The number of anilines is 1. The molecule has 28 heavy (non-hydrogen) atoms. The molecular formula is C19H14F7NO. The molecule has 1 N–H and O–H groups in total. The lowest BCUT2D eigenvalue weighted by Gasteiger charge is -2.32. The van der Waals surface area contributed by atoms with Crippen LogP contribution in [-0.2, 0) is 0 Å². The number of methoxy groups -OCH3 is 1. The van der Waals surface area contributed by atoms with E-state index in [9.17, 15) is 30.7 Å². The molecule has 0 aromatic heterocycles. The van der Waals surface area contributed by atoms with E-state index < -0.39 is 24.1 Å². The van der Waals surface area contributed by atoms with Gasteiger partial charge in [-0.15, -0.1) is 0 Å². The summed E-state index contributed by atoms with van der Waals surface area (Å²) in [5.74, 6) is -7.50. The van der Waals surface area contributed by atoms with E-state index in [1.165, 1.54) is 55.6 Å². The highest BCUT2D eigenvalue weighted by molar-refractivity contribution is 5.50. The fraction of sp³-hybridized carbons (Fsp3) is 0.263. The molecule has 2 aromatic rings. The summed E-state index contributed by atoms with van der Waals surface area (Å²) in [5.41, 5.74) is 0.0426. The fourth-order valence-corrected chi connectivity index (χ4v) is 2.12. The molecule has 0 unspecified atom stereocenters. The summed E-state index contributed by atoms with van der Waals surface area (Å²) < 4.78 is 98.1. The minimum atomic E-state index is -6.45. The van der Waals surface area contributed by atoms with Crippen LogP contribution in [-0.4, -0.2) is 31.2 Å². The second kappa shape index (κ2) is 8.00. The Bertz CT molecular complexity index is 837. The van der Waals surface area contributed by atoms with Crippen molar-refractivity contribution < 1.29 is 35.5 Å². The van der Waals surface area contributed by atoms with Gasteiger partial charge in [-0.25, -0.2) is 0 Å². The van der Waals surface area contributed by atoms with E-state index >= 15 is 0 Å². The number of hydrogen-bond donors (Lipinski definition) is 1. The van der Waals surface area contributed by atoms with Crippen molar-refractivity contribution in [1.82, 2.24) is 0 Å². The summed E-state index contributed by atoms with van der Waals surface area (Å²) in [7, 11) is 1.34. The van der Waals surface area contributed by atoms with Gasteiger partial charge in [0.15, 0.2) is 6.04 Å². The molecule has 0 aliphatic heterocycles. The van der Waals surface area contributed by atoms with Crippen LogP contribution in [0.15, 0.2) is 54.6 Å². The quantitative estimate of drug-likeness (QED) is 0.534. The largest absolute Gasteiger partial charge is 0.497 e. The minimum absolute atomic E-state index is 0.134. The highest BCUT2D eigenvalue weighted by Crippen LogP contribution is 2.48. The Kier molecular flexibility index (Phi) is 6.12. The summed E-state index contributed by atoms with van der Waals surface area (Å²) in [6.45, 7) is 0. The molecule has 0 fully saturated rings. The Morgan fingerprint density at radius 3 is 1.93 bits per heavy atom. The summed E-state index contributed by atoms with van der Waals surface area (Å²) >= 11 is 0. The van der Waals surface area contributed by atoms with Gasteiger partial charge in [-0.05, 0) is 36.4 Å². The predicted molar refractivity (Wildman–Crippen MR) is 89.7 cm³/mol. The van der Waals surface area contributed by atoms with Gasteiger partial charge in [0.2, 0.25) is 0 Å². The van der Waals surface area contributed by atoms with Gasteiger partial charge in [0.25, 0.3) is 0 Å². The summed E-state index contributed by atoms with van der Waals surface area (Å²) in [6.07, 6.45) is -6.45. The minimum Gasteiger partial charge on any atom is -0.497 e. The lowest BCUT2D eigenvalue weighted by atomic mass is 10.0. The molecule has 0 aliphatic rings. The highest BCUT2D eigenvalue weighted by atomic mass is 19.4. The van der Waals surface area contributed by atoms with Crippen molar-refractivity contribution in [2.24, 2.45) is 0 Å². The molecule has 9 heteroatoms. The van der Waals surface area contributed by atoms with E-state index in [2.05, 4.69) is 5.92 Å². The van der Waals surface area contributed by atoms with Crippen LogP contribution in [0.3, 0.4) is 0 Å². The third-order valence-electron chi connectivity index (χ3n) is 3.67. The Balaban J connectivity index is 2.44. The molecule has 2 rings (SSSR count). The van der Waals surface area contributed by atoms with Crippen molar-refractivity contribution in [3.63, 3.8) is 0 Å². The van der Waals surface area contributed by atoms with Crippen molar-refractivity contribution in [3.8, 4) is 17.6 Å². The molecule has 0 bridgehead atoms. The number of halogens is 7. The Hall–Kier alpha value is -2.89.